The Hall–Kier alpha value is -1.14. The van der Waals surface area contributed by atoms with Crippen molar-refractivity contribution in [3.8, 4) is 0 Å². The second kappa shape index (κ2) is 7.23. The predicted octanol–water partition coefficient (Wildman–Crippen LogP) is -1.28. The first kappa shape index (κ1) is 20.2. The lowest BCUT2D eigenvalue weighted by atomic mass is 10.2. The summed E-state index contributed by atoms with van der Waals surface area (Å²) < 4.78 is 36.3. The Labute approximate surface area is 139 Å². The Morgan fingerprint density at radius 2 is 2.00 bits per heavy atom. The lowest BCUT2D eigenvalue weighted by Crippen LogP contribution is -2.33. The number of H-pyrrole nitrogens is 1. The monoisotopic (exact) mass is 402 g/mol. The molecule has 1 aliphatic heterocycles. The van der Waals surface area contributed by atoms with Crippen molar-refractivity contribution in [2.24, 2.45) is 0 Å². The Bertz CT molecular complexity index is 842. The average molecular weight is 402 g/mol. The van der Waals surface area contributed by atoms with Crippen LogP contribution >= 0.6 is 15.6 Å². The van der Waals surface area contributed by atoms with E-state index in [1.807, 2.05) is 0 Å². The number of aryl methyl sites for hydroxylation is 1. The van der Waals surface area contributed by atoms with Crippen LogP contribution in [0.2, 0.25) is 0 Å². The van der Waals surface area contributed by atoms with Gasteiger partial charge < -0.3 is 24.5 Å². The minimum absolute atomic E-state index is 0.0888. The molecule has 1 aliphatic rings. The van der Waals surface area contributed by atoms with Crippen LogP contribution in [-0.4, -0.2) is 48.2 Å². The quantitative estimate of drug-likeness (QED) is 0.355. The van der Waals surface area contributed by atoms with Crippen molar-refractivity contribution in [2.75, 3.05) is 6.61 Å². The average Bonchev–Trinajstić information content (AvgIpc) is 2.79. The summed E-state index contributed by atoms with van der Waals surface area (Å²) in [5, 5.41) is 9.91. The van der Waals surface area contributed by atoms with Crippen molar-refractivity contribution in [2.45, 2.75) is 31.8 Å². The summed E-state index contributed by atoms with van der Waals surface area (Å²) >= 11 is 0. The number of aromatic nitrogens is 2. The highest BCUT2D eigenvalue weighted by Gasteiger charge is 2.39. The van der Waals surface area contributed by atoms with E-state index in [9.17, 15) is 28.7 Å². The van der Waals surface area contributed by atoms with E-state index >= 15 is 0 Å². The van der Waals surface area contributed by atoms with E-state index < -0.39 is 51.9 Å². The van der Waals surface area contributed by atoms with Crippen molar-refractivity contribution in [3.63, 3.8) is 0 Å². The number of ether oxygens (including phenoxy) is 1. The molecule has 0 aliphatic carbocycles. The van der Waals surface area contributed by atoms with E-state index in [0.717, 1.165) is 4.57 Å². The van der Waals surface area contributed by atoms with E-state index in [0.29, 0.717) is 0 Å². The van der Waals surface area contributed by atoms with Gasteiger partial charge in [-0.25, -0.2) is 13.9 Å². The van der Waals surface area contributed by atoms with E-state index in [4.69, 9.17) is 14.5 Å². The Morgan fingerprint density at radius 3 is 2.60 bits per heavy atom. The first-order valence-electron chi connectivity index (χ1n) is 6.78. The van der Waals surface area contributed by atoms with E-state index in [1.165, 1.54) is 13.1 Å². The molecule has 4 atom stereocenters. The third kappa shape index (κ3) is 5.42. The summed E-state index contributed by atoms with van der Waals surface area (Å²) in [4.78, 5) is 51.4. The highest BCUT2D eigenvalue weighted by molar-refractivity contribution is 7.60. The molecule has 0 radical (unpaired) electrons. The van der Waals surface area contributed by atoms with Crippen LogP contribution in [0.5, 0.6) is 0 Å². The maximum Gasteiger partial charge on any atom is 0.481 e. The molecular weight excluding hydrogens is 386 g/mol. The molecular formula is C10H16N2O11P2. The van der Waals surface area contributed by atoms with Crippen molar-refractivity contribution < 1.29 is 42.5 Å². The van der Waals surface area contributed by atoms with Gasteiger partial charge in [-0.1, -0.05) is 0 Å². The van der Waals surface area contributed by atoms with Gasteiger partial charge in [-0.15, -0.1) is 0 Å². The Morgan fingerprint density at radius 1 is 1.36 bits per heavy atom. The summed E-state index contributed by atoms with van der Waals surface area (Å²) in [5.41, 5.74) is -1.12. The van der Waals surface area contributed by atoms with E-state index in [-0.39, 0.29) is 12.0 Å². The van der Waals surface area contributed by atoms with E-state index in [1.54, 1.807) is 0 Å². The predicted molar refractivity (Wildman–Crippen MR) is 79.5 cm³/mol. The maximum absolute atomic E-state index is 11.8. The largest absolute Gasteiger partial charge is 0.481 e. The van der Waals surface area contributed by atoms with Gasteiger partial charge in [0.1, 0.15) is 12.3 Å². The number of aliphatic hydroxyl groups is 1. The summed E-state index contributed by atoms with van der Waals surface area (Å²) in [5.74, 6) is 0. The number of aliphatic hydroxyl groups excluding tert-OH is 1. The van der Waals surface area contributed by atoms with Gasteiger partial charge in [0.25, 0.3) is 5.56 Å². The zero-order valence-electron chi connectivity index (χ0n) is 12.7. The standard InChI is InChI=1S/C10H16N2O11P2/c1-5-3-12(10(15)11-9(5)14)8-2-6(13)7(22-8)4-21-25(19,20)23-24(16,17)18/h3,6-8,13H,2,4H2,1H3,(H,19,20)(H,11,14,15)(H2,16,17,18)/t6-,7-,8-/m0/s1. The van der Waals surface area contributed by atoms with Gasteiger partial charge >= 0.3 is 21.3 Å². The number of hydrogen-bond donors (Lipinski definition) is 5. The third-order valence-corrected chi connectivity index (χ3v) is 5.42. The van der Waals surface area contributed by atoms with Crippen molar-refractivity contribution in [1.82, 2.24) is 9.55 Å². The van der Waals surface area contributed by atoms with Crippen LogP contribution in [-0.2, 0) is 22.7 Å². The molecule has 1 fully saturated rings. The van der Waals surface area contributed by atoms with Crippen LogP contribution in [0.15, 0.2) is 15.8 Å². The molecule has 2 heterocycles. The molecule has 1 unspecified atom stereocenters. The molecule has 5 N–H and O–H groups in total. The summed E-state index contributed by atoms with van der Waals surface area (Å²) in [7, 11) is -10.3. The molecule has 13 nitrogen and oxygen atoms in total. The smallest absolute Gasteiger partial charge is 0.390 e. The van der Waals surface area contributed by atoms with Gasteiger partial charge in [-0.05, 0) is 6.92 Å². The van der Waals surface area contributed by atoms with Crippen molar-refractivity contribution in [3.05, 3.63) is 32.6 Å². The topological polar surface area (TPSA) is 198 Å². The minimum Gasteiger partial charge on any atom is -0.390 e. The van der Waals surface area contributed by atoms with Gasteiger partial charge in [-0.3, -0.25) is 18.9 Å². The van der Waals surface area contributed by atoms with Crippen LogP contribution in [0.25, 0.3) is 0 Å². The van der Waals surface area contributed by atoms with Gasteiger partial charge in [0.05, 0.1) is 12.7 Å². The molecule has 0 amide bonds. The molecule has 1 aromatic heterocycles. The van der Waals surface area contributed by atoms with Crippen molar-refractivity contribution >= 4 is 15.6 Å². The number of nitrogens with one attached hydrogen (secondary N) is 1. The van der Waals surface area contributed by atoms with Crippen LogP contribution < -0.4 is 11.2 Å². The number of phosphoric acid groups is 2. The fourth-order valence-electron chi connectivity index (χ4n) is 2.16. The molecule has 0 spiro atoms. The number of phosphoric ester groups is 1. The molecule has 25 heavy (non-hydrogen) atoms. The Balaban J connectivity index is 2.06. The highest BCUT2D eigenvalue weighted by Crippen LogP contribution is 2.57. The molecule has 0 bridgehead atoms. The number of nitrogens with zero attached hydrogens (tertiary/aromatic N) is 1. The van der Waals surface area contributed by atoms with Gasteiger partial charge in [0.2, 0.25) is 0 Å². The molecule has 1 saturated heterocycles. The zero-order chi connectivity index (χ0) is 19.0. The maximum atomic E-state index is 11.8. The summed E-state index contributed by atoms with van der Waals surface area (Å²) in [6.45, 7) is 0.727. The highest BCUT2D eigenvalue weighted by atomic mass is 31.3. The SMILES string of the molecule is Cc1cn([C@@H]2C[C@H](O)[C@H](COP(=O)(O)OP(=O)(O)O)O2)c(=O)[nH]c1=O. The lowest BCUT2D eigenvalue weighted by molar-refractivity contribution is -0.0450. The fraction of sp³-hybridized carbons (Fsp3) is 0.600. The van der Waals surface area contributed by atoms with E-state index in [2.05, 4.69) is 13.8 Å². The summed E-state index contributed by atoms with van der Waals surface area (Å²) in [6.07, 6.45) is -2.22. The first-order chi connectivity index (χ1) is 11.4. The number of aromatic amines is 1. The molecule has 0 saturated carbocycles. The lowest BCUT2D eigenvalue weighted by Gasteiger charge is -2.18. The van der Waals surface area contributed by atoms with Gasteiger partial charge in [0, 0.05) is 18.2 Å². The zero-order valence-corrected chi connectivity index (χ0v) is 14.5. The second-order valence-corrected chi connectivity index (χ2v) is 8.08. The van der Waals surface area contributed by atoms with Crippen LogP contribution in [0, 0.1) is 6.92 Å². The Kier molecular flexibility index (Phi) is 5.84. The van der Waals surface area contributed by atoms with Crippen LogP contribution in [0.4, 0.5) is 0 Å². The van der Waals surface area contributed by atoms with Crippen LogP contribution in [0.1, 0.15) is 18.2 Å². The van der Waals surface area contributed by atoms with Crippen molar-refractivity contribution in [1.29, 1.82) is 0 Å². The van der Waals surface area contributed by atoms with Gasteiger partial charge in [0.15, 0.2) is 0 Å². The molecule has 15 heteroatoms. The first-order valence-corrected chi connectivity index (χ1v) is 9.80. The third-order valence-electron chi connectivity index (χ3n) is 3.27. The van der Waals surface area contributed by atoms with Crippen LogP contribution in [0.3, 0.4) is 0 Å². The molecule has 1 aromatic rings. The van der Waals surface area contributed by atoms with Gasteiger partial charge in [-0.2, -0.15) is 4.31 Å². The summed E-state index contributed by atoms with van der Waals surface area (Å²) in [6, 6.07) is 0. The normalized spacial score (nSPS) is 26.5. The minimum atomic E-state index is -5.26. The molecule has 142 valence electrons. The number of hydrogen-bond acceptors (Lipinski definition) is 8. The molecule has 0 aromatic carbocycles. The fourth-order valence-corrected chi connectivity index (χ4v) is 3.76. The number of rotatable bonds is 6. The molecule has 2 rings (SSSR count). The second-order valence-electron chi connectivity index (χ2n) is 5.25.